The average Bonchev–Trinajstić information content (AvgIpc) is 3.08. The number of halogens is 3. The first-order chi connectivity index (χ1) is 13.0. The molecule has 8 nitrogen and oxygen atoms in total. The van der Waals surface area contributed by atoms with E-state index in [1.165, 1.54) is 43.1 Å². The van der Waals surface area contributed by atoms with Gasteiger partial charge in [-0.1, -0.05) is 6.07 Å². The van der Waals surface area contributed by atoms with Crippen molar-refractivity contribution in [2.45, 2.75) is 13.0 Å². The lowest BCUT2D eigenvalue weighted by atomic mass is 10.2. The van der Waals surface area contributed by atoms with Crippen LogP contribution < -0.4 is 19.5 Å². The van der Waals surface area contributed by atoms with E-state index in [1.54, 1.807) is 0 Å². The highest BCUT2D eigenvalue weighted by Gasteiger charge is 2.16. The second kappa shape index (κ2) is 7.98. The van der Waals surface area contributed by atoms with Gasteiger partial charge in [0.1, 0.15) is 18.2 Å². The first-order valence-electron chi connectivity index (χ1n) is 7.79. The molecule has 0 aliphatic rings. The van der Waals surface area contributed by atoms with Crippen LogP contribution in [0.3, 0.4) is 0 Å². The number of nitrogens with one attached hydrogen (secondary N) is 1. The molecule has 1 aromatic carbocycles. The highest BCUT2D eigenvalue weighted by atomic mass is 19.3. The highest BCUT2D eigenvalue weighted by Crippen LogP contribution is 2.25. The van der Waals surface area contributed by atoms with Crippen molar-refractivity contribution in [1.82, 2.24) is 19.6 Å². The fraction of sp³-hybridized carbons (Fsp3) is 0.312. The molecule has 0 spiro atoms. The zero-order chi connectivity index (χ0) is 19.4. The molecule has 3 aromatic rings. The first-order valence-corrected chi connectivity index (χ1v) is 7.79. The van der Waals surface area contributed by atoms with Gasteiger partial charge in [0.05, 0.1) is 20.4 Å². The van der Waals surface area contributed by atoms with Crippen LogP contribution in [-0.2, 0) is 6.54 Å². The molecule has 1 N–H and O–H groups in total. The molecular formula is C16H16F3N5O3. The molecule has 0 radical (unpaired) electrons. The van der Waals surface area contributed by atoms with Crippen molar-refractivity contribution in [2.24, 2.45) is 0 Å². The van der Waals surface area contributed by atoms with Gasteiger partial charge in [-0.3, -0.25) is 0 Å². The number of alkyl halides is 2. The zero-order valence-electron chi connectivity index (χ0n) is 14.4. The van der Waals surface area contributed by atoms with Crippen LogP contribution in [0.15, 0.2) is 24.4 Å². The smallest absolute Gasteiger partial charge is 0.319 e. The summed E-state index contributed by atoms with van der Waals surface area (Å²) < 4.78 is 55.4. The van der Waals surface area contributed by atoms with Crippen molar-refractivity contribution in [3.05, 3.63) is 35.8 Å². The van der Waals surface area contributed by atoms with Gasteiger partial charge in [-0.25, -0.2) is 13.2 Å². The number of aromatic nitrogens is 4. The van der Waals surface area contributed by atoms with Gasteiger partial charge in [0.2, 0.25) is 11.6 Å². The Morgan fingerprint density at radius 1 is 1.19 bits per heavy atom. The van der Waals surface area contributed by atoms with Crippen molar-refractivity contribution >= 4 is 11.6 Å². The van der Waals surface area contributed by atoms with E-state index in [9.17, 15) is 13.2 Å². The van der Waals surface area contributed by atoms with Crippen molar-refractivity contribution in [2.75, 3.05) is 26.1 Å². The second-order valence-electron chi connectivity index (χ2n) is 5.26. The van der Waals surface area contributed by atoms with E-state index >= 15 is 0 Å². The van der Waals surface area contributed by atoms with Crippen LogP contribution in [-0.4, -0.2) is 46.8 Å². The van der Waals surface area contributed by atoms with Gasteiger partial charge in [0.15, 0.2) is 5.75 Å². The molecule has 0 amide bonds. The molecule has 11 heteroatoms. The molecule has 0 unspecified atom stereocenters. The number of anilines is 1. The highest BCUT2D eigenvalue weighted by molar-refractivity contribution is 5.56. The Kier molecular flexibility index (Phi) is 5.48. The molecule has 144 valence electrons. The molecule has 0 fully saturated rings. The Hall–Kier alpha value is -3.24. The zero-order valence-corrected chi connectivity index (χ0v) is 14.4. The molecule has 0 aliphatic heterocycles. The van der Waals surface area contributed by atoms with Crippen LogP contribution in [0.5, 0.6) is 17.5 Å². The quantitative estimate of drug-likeness (QED) is 0.640. The lowest BCUT2D eigenvalue weighted by Crippen LogP contribution is -2.11. The molecule has 0 saturated heterocycles. The molecule has 0 aliphatic carbocycles. The number of ether oxygens (including phenoxy) is 3. The summed E-state index contributed by atoms with van der Waals surface area (Å²) in [4.78, 5) is 8.28. The minimum atomic E-state index is -2.67. The number of hydrogen-bond donors (Lipinski definition) is 1. The maximum atomic E-state index is 14.1. The summed E-state index contributed by atoms with van der Waals surface area (Å²) in [7, 11) is 2.88. The summed E-state index contributed by atoms with van der Waals surface area (Å²) in [6.45, 7) is -0.913. The van der Waals surface area contributed by atoms with Crippen LogP contribution >= 0.6 is 0 Å². The Bertz CT molecular complexity index is 894. The maximum Gasteiger partial charge on any atom is 0.319 e. The molecule has 2 heterocycles. The van der Waals surface area contributed by atoms with Crippen molar-refractivity contribution < 1.29 is 27.4 Å². The minimum absolute atomic E-state index is 0.0170. The Labute approximate surface area is 151 Å². The van der Waals surface area contributed by atoms with Crippen LogP contribution in [0.2, 0.25) is 0 Å². The molecule has 27 heavy (non-hydrogen) atoms. The number of nitrogens with zero attached hydrogens (tertiary/aromatic N) is 4. The molecule has 0 bridgehead atoms. The summed E-state index contributed by atoms with van der Waals surface area (Å²) in [5.74, 6) is -0.0795. The van der Waals surface area contributed by atoms with Gasteiger partial charge >= 0.3 is 6.01 Å². The third-order valence-electron chi connectivity index (χ3n) is 3.57. The van der Waals surface area contributed by atoms with Crippen molar-refractivity contribution in [1.29, 1.82) is 0 Å². The summed E-state index contributed by atoms with van der Waals surface area (Å²) in [5, 5.41) is 7.02. The van der Waals surface area contributed by atoms with Gasteiger partial charge in [0.25, 0.3) is 6.43 Å². The van der Waals surface area contributed by atoms with E-state index in [1.807, 2.05) is 0 Å². The van der Waals surface area contributed by atoms with Gasteiger partial charge in [-0.2, -0.15) is 14.5 Å². The fourth-order valence-electron chi connectivity index (χ4n) is 2.36. The monoisotopic (exact) mass is 383 g/mol. The summed E-state index contributed by atoms with van der Waals surface area (Å²) >= 11 is 0. The van der Waals surface area contributed by atoms with Gasteiger partial charge in [-0.05, 0) is 12.1 Å². The number of rotatable bonds is 8. The Morgan fingerprint density at radius 3 is 2.70 bits per heavy atom. The molecule has 0 atom stereocenters. The van der Waals surface area contributed by atoms with Crippen LogP contribution in [0, 0.1) is 5.82 Å². The van der Waals surface area contributed by atoms with Gasteiger partial charge in [-0.15, -0.1) is 5.10 Å². The van der Waals surface area contributed by atoms with Gasteiger partial charge < -0.3 is 19.5 Å². The van der Waals surface area contributed by atoms with Crippen LogP contribution in [0.25, 0.3) is 5.65 Å². The van der Waals surface area contributed by atoms with Crippen LogP contribution in [0.4, 0.5) is 19.1 Å². The number of fused-ring (bicyclic) bond motifs is 1. The Balaban J connectivity index is 1.85. The number of benzene rings is 1. The predicted octanol–water partition coefficient (Wildman–Crippen LogP) is 2.54. The molecular weight excluding hydrogens is 367 g/mol. The van der Waals surface area contributed by atoms with E-state index in [0.29, 0.717) is 11.4 Å². The van der Waals surface area contributed by atoms with E-state index in [4.69, 9.17) is 14.2 Å². The first kappa shape index (κ1) is 18.5. The third kappa shape index (κ3) is 3.96. The predicted molar refractivity (Wildman–Crippen MR) is 89.1 cm³/mol. The summed E-state index contributed by atoms with van der Waals surface area (Å²) in [5.41, 5.74) is 0.420. The normalized spacial score (nSPS) is 11.0. The SMILES string of the molecule is COc1cnc(OC)n2nc(NCc3c(F)cccc3OCC(F)F)nc12. The van der Waals surface area contributed by atoms with Crippen LogP contribution in [0.1, 0.15) is 5.56 Å². The standard InChI is InChI=1S/C16H16F3N5O3/c1-25-12-7-21-16(26-2)24-14(12)22-15(23-24)20-6-9-10(17)4-3-5-11(9)27-8-13(18)19/h3-5,7,13H,6,8H2,1-2H3,(H,20,23). The summed E-state index contributed by atoms with van der Waals surface area (Å²) in [6, 6.07) is 4.18. The molecule has 0 saturated carbocycles. The topological polar surface area (TPSA) is 82.8 Å². The third-order valence-corrected chi connectivity index (χ3v) is 3.57. The van der Waals surface area contributed by atoms with Gasteiger partial charge in [0, 0.05) is 12.1 Å². The Morgan fingerprint density at radius 2 is 2.00 bits per heavy atom. The van der Waals surface area contributed by atoms with E-state index < -0.39 is 18.8 Å². The average molecular weight is 383 g/mol. The van der Waals surface area contributed by atoms with Crippen molar-refractivity contribution in [3.8, 4) is 17.5 Å². The van der Waals surface area contributed by atoms with E-state index in [0.717, 1.165) is 0 Å². The number of hydrogen-bond acceptors (Lipinski definition) is 7. The molecule has 3 rings (SSSR count). The van der Waals surface area contributed by atoms with E-state index in [2.05, 4.69) is 20.4 Å². The lowest BCUT2D eigenvalue weighted by Gasteiger charge is -2.12. The fourth-order valence-corrected chi connectivity index (χ4v) is 2.36. The maximum absolute atomic E-state index is 14.1. The lowest BCUT2D eigenvalue weighted by molar-refractivity contribution is 0.0812. The largest absolute Gasteiger partial charge is 0.491 e. The van der Waals surface area contributed by atoms with Crippen molar-refractivity contribution in [3.63, 3.8) is 0 Å². The number of methoxy groups -OCH3 is 2. The summed E-state index contributed by atoms with van der Waals surface area (Å²) in [6.07, 6.45) is -1.23. The second-order valence-corrected chi connectivity index (χ2v) is 5.26. The molecule has 2 aromatic heterocycles. The van der Waals surface area contributed by atoms with E-state index in [-0.39, 0.29) is 29.8 Å². The minimum Gasteiger partial charge on any atom is -0.491 e.